The van der Waals surface area contributed by atoms with Crippen LogP contribution < -0.4 is 11.1 Å². The molecular formula is C14H18BrN3. The third-order valence-electron chi connectivity index (χ3n) is 3.77. The van der Waals surface area contributed by atoms with Crippen molar-refractivity contribution in [3.05, 3.63) is 34.3 Å². The van der Waals surface area contributed by atoms with Crippen LogP contribution in [0.5, 0.6) is 0 Å². The van der Waals surface area contributed by atoms with E-state index in [4.69, 9.17) is 5.73 Å². The van der Waals surface area contributed by atoms with Crippen LogP contribution in [0.2, 0.25) is 0 Å². The number of aliphatic imine (C=N–C) groups is 1. The maximum absolute atomic E-state index is 5.89. The Morgan fingerprint density at radius 1 is 1.44 bits per heavy atom. The molecule has 0 heterocycles. The number of halogens is 1. The number of rotatable bonds is 4. The Bertz CT molecular complexity index is 476. The summed E-state index contributed by atoms with van der Waals surface area (Å²) < 4.78 is 1.14. The van der Waals surface area contributed by atoms with E-state index in [-0.39, 0.29) is 5.41 Å². The van der Waals surface area contributed by atoms with Crippen LogP contribution >= 0.6 is 15.9 Å². The molecule has 0 bridgehead atoms. The highest BCUT2D eigenvalue weighted by atomic mass is 79.9. The average molecular weight is 308 g/mol. The van der Waals surface area contributed by atoms with E-state index in [1.807, 2.05) is 0 Å². The van der Waals surface area contributed by atoms with Gasteiger partial charge in [0, 0.05) is 15.9 Å². The Balaban J connectivity index is 1.67. The largest absolute Gasteiger partial charge is 0.370 e. The van der Waals surface area contributed by atoms with Gasteiger partial charge in [-0.25, -0.2) is 0 Å². The van der Waals surface area contributed by atoms with E-state index in [9.17, 15) is 0 Å². The third-order valence-corrected chi connectivity index (χ3v) is 4.27. The van der Waals surface area contributed by atoms with Crippen molar-refractivity contribution in [3.63, 3.8) is 0 Å². The molecule has 4 heteroatoms. The zero-order valence-corrected chi connectivity index (χ0v) is 11.9. The van der Waals surface area contributed by atoms with Crippen molar-refractivity contribution in [2.24, 2.45) is 10.7 Å². The number of benzene rings is 1. The zero-order valence-electron chi connectivity index (χ0n) is 10.3. The number of hydrogen-bond acceptors (Lipinski definition) is 1. The van der Waals surface area contributed by atoms with Gasteiger partial charge in [-0.15, -0.1) is 0 Å². The van der Waals surface area contributed by atoms with E-state index < -0.39 is 0 Å². The van der Waals surface area contributed by atoms with Crippen LogP contribution in [-0.2, 0) is 5.41 Å². The molecule has 2 saturated carbocycles. The number of nitrogens with zero attached hydrogens (tertiary/aromatic N) is 1. The van der Waals surface area contributed by atoms with E-state index in [1.54, 1.807) is 0 Å². The van der Waals surface area contributed by atoms with E-state index >= 15 is 0 Å². The Labute approximate surface area is 116 Å². The molecule has 0 atom stereocenters. The lowest BCUT2D eigenvalue weighted by Gasteiger charge is -2.14. The monoisotopic (exact) mass is 307 g/mol. The Morgan fingerprint density at radius 3 is 2.83 bits per heavy atom. The van der Waals surface area contributed by atoms with Crippen molar-refractivity contribution in [1.29, 1.82) is 0 Å². The van der Waals surface area contributed by atoms with Gasteiger partial charge in [0.1, 0.15) is 0 Å². The standard InChI is InChI=1S/C14H18BrN3/c15-11-3-1-2-10(8-11)14(6-7-14)9-17-13(16)18-12-4-5-12/h1-3,8,12H,4-7,9H2,(H3,16,17,18). The minimum atomic E-state index is 0.236. The number of nitrogens with one attached hydrogen (secondary N) is 1. The Hall–Kier alpha value is -1.03. The van der Waals surface area contributed by atoms with Crippen molar-refractivity contribution in [2.45, 2.75) is 37.1 Å². The lowest BCUT2D eigenvalue weighted by Crippen LogP contribution is -2.34. The second-order valence-electron chi connectivity index (χ2n) is 5.41. The van der Waals surface area contributed by atoms with E-state index in [2.05, 4.69) is 50.5 Å². The van der Waals surface area contributed by atoms with Gasteiger partial charge in [0.2, 0.25) is 0 Å². The van der Waals surface area contributed by atoms with Crippen molar-refractivity contribution in [2.75, 3.05) is 6.54 Å². The predicted octanol–water partition coefficient (Wildman–Crippen LogP) is 2.55. The molecule has 2 aliphatic carbocycles. The summed E-state index contributed by atoms with van der Waals surface area (Å²) >= 11 is 3.53. The molecule has 0 saturated heterocycles. The first kappa shape index (κ1) is 12.0. The van der Waals surface area contributed by atoms with Gasteiger partial charge >= 0.3 is 0 Å². The second-order valence-corrected chi connectivity index (χ2v) is 6.33. The fourth-order valence-electron chi connectivity index (χ4n) is 2.23. The molecule has 3 N–H and O–H groups in total. The Morgan fingerprint density at radius 2 is 2.22 bits per heavy atom. The smallest absolute Gasteiger partial charge is 0.188 e. The van der Waals surface area contributed by atoms with Crippen molar-refractivity contribution >= 4 is 21.9 Å². The van der Waals surface area contributed by atoms with Gasteiger partial charge in [-0.05, 0) is 43.4 Å². The SMILES string of the molecule is NC(=NCC1(c2cccc(Br)c2)CC1)NC1CC1. The number of guanidine groups is 1. The molecule has 2 fully saturated rings. The van der Waals surface area contributed by atoms with Crippen LogP contribution in [0.1, 0.15) is 31.2 Å². The first-order valence-electron chi connectivity index (χ1n) is 6.50. The topological polar surface area (TPSA) is 50.4 Å². The third kappa shape index (κ3) is 2.69. The molecule has 0 aliphatic heterocycles. The van der Waals surface area contributed by atoms with E-state index in [1.165, 1.54) is 31.2 Å². The summed E-state index contributed by atoms with van der Waals surface area (Å²) in [6, 6.07) is 9.13. The summed E-state index contributed by atoms with van der Waals surface area (Å²) in [5, 5.41) is 3.24. The number of nitrogens with two attached hydrogens (primary N) is 1. The van der Waals surface area contributed by atoms with Gasteiger partial charge in [-0.2, -0.15) is 0 Å². The highest BCUT2D eigenvalue weighted by Gasteiger charge is 2.44. The summed E-state index contributed by atoms with van der Waals surface area (Å²) in [4.78, 5) is 4.51. The van der Waals surface area contributed by atoms with Crippen LogP contribution in [0.4, 0.5) is 0 Å². The van der Waals surface area contributed by atoms with Crippen LogP contribution in [0.15, 0.2) is 33.7 Å². The molecule has 1 aromatic rings. The minimum absolute atomic E-state index is 0.236. The minimum Gasteiger partial charge on any atom is -0.370 e. The summed E-state index contributed by atoms with van der Waals surface area (Å²) in [6.45, 7) is 0.801. The van der Waals surface area contributed by atoms with Gasteiger partial charge < -0.3 is 11.1 Å². The van der Waals surface area contributed by atoms with Gasteiger partial charge in [0.15, 0.2) is 5.96 Å². The highest BCUT2D eigenvalue weighted by Crippen LogP contribution is 2.48. The molecule has 1 aromatic carbocycles. The normalized spacial score (nSPS) is 21.7. The summed E-state index contributed by atoms with van der Waals surface area (Å²) in [6.07, 6.45) is 4.88. The number of hydrogen-bond donors (Lipinski definition) is 2. The lowest BCUT2D eigenvalue weighted by atomic mass is 9.96. The van der Waals surface area contributed by atoms with Crippen LogP contribution in [0.3, 0.4) is 0 Å². The summed E-state index contributed by atoms with van der Waals surface area (Å²) in [5.41, 5.74) is 7.50. The molecule has 0 spiro atoms. The molecule has 3 nitrogen and oxygen atoms in total. The fraction of sp³-hybridized carbons (Fsp3) is 0.500. The average Bonchev–Trinajstić information content (AvgIpc) is 3.23. The molecule has 0 unspecified atom stereocenters. The molecule has 96 valence electrons. The van der Waals surface area contributed by atoms with Gasteiger partial charge in [-0.1, -0.05) is 28.1 Å². The van der Waals surface area contributed by atoms with Crippen molar-refractivity contribution in [3.8, 4) is 0 Å². The first-order chi connectivity index (χ1) is 8.68. The lowest BCUT2D eigenvalue weighted by molar-refractivity contribution is 0.699. The van der Waals surface area contributed by atoms with Gasteiger partial charge in [-0.3, -0.25) is 4.99 Å². The van der Waals surface area contributed by atoms with Crippen LogP contribution in [0, 0.1) is 0 Å². The highest BCUT2D eigenvalue weighted by molar-refractivity contribution is 9.10. The van der Waals surface area contributed by atoms with Crippen LogP contribution in [0.25, 0.3) is 0 Å². The molecule has 0 aromatic heterocycles. The van der Waals surface area contributed by atoms with Crippen LogP contribution in [-0.4, -0.2) is 18.5 Å². The molecule has 2 aliphatic rings. The maximum atomic E-state index is 5.89. The van der Waals surface area contributed by atoms with Gasteiger partial charge in [0.25, 0.3) is 0 Å². The summed E-state index contributed by atoms with van der Waals surface area (Å²) in [7, 11) is 0. The molecular weight excluding hydrogens is 290 g/mol. The van der Waals surface area contributed by atoms with E-state index in [0.717, 1.165) is 11.0 Å². The molecule has 0 amide bonds. The predicted molar refractivity (Wildman–Crippen MR) is 77.7 cm³/mol. The van der Waals surface area contributed by atoms with Gasteiger partial charge in [0.05, 0.1) is 6.54 Å². The molecule has 18 heavy (non-hydrogen) atoms. The fourth-order valence-corrected chi connectivity index (χ4v) is 2.63. The van der Waals surface area contributed by atoms with Crippen molar-refractivity contribution in [1.82, 2.24) is 5.32 Å². The molecule has 0 radical (unpaired) electrons. The van der Waals surface area contributed by atoms with E-state index in [0.29, 0.717) is 12.0 Å². The molecule has 3 rings (SSSR count). The first-order valence-corrected chi connectivity index (χ1v) is 7.30. The summed E-state index contributed by atoms with van der Waals surface area (Å²) in [5.74, 6) is 0.610. The van der Waals surface area contributed by atoms with Crippen molar-refractivity contribution < 1.29 is 0 Å². The zero-order chi connectivity index (χ0) is 12.6. The maximum Gasteiger partial charge on any atom is 0.188 e. The second kappa shape index (κ2) is 4.57. The Kier molecular flexibility index (Phi) is 3.06. The quantitative estimate of drug-likeness (QED) is 0.663.